The van der Waals surface area contributed by atoms with Crippen molar-refractivity contribution in [2.75, 3.05) is 0 Å². The zero-order chi connectivity index (χ0) is 11.1. The van der Waals surface area contributed by atoms with Gasteiger partial charge in [-0.2, -0.15) is 8.78 Å². The maximum absolute atomic E-state index is 12.8. The van der Waals surface area contributed by atoms with E-state index in [4.69, 9.17) is 5.11 Å². The van der Waals surface area contributed by atoms with Gasteiger partial charge in [-0.3, -0.25) is 0 Å². The molecule has 0 spiro atoms. The summed E-state index contributed by atoms with van der Waals surface area (Å²) >= 11 is 0. The molecule has 1 N–H and O–H groups in total. The molecule has 2 aliphatic carbocycles. The summed E-state index contributed by atoms with van der Waals surface area (Å²) in [4.78, 5) is 10.2. The Morgan fingerprint density at radius 2 is 2.20 bits per heavy atom. The molecule has 0 saturated heterocycles. The van der Waals surface area contributed by atoms with Crippen molar-refractivity contribution in [2.24, 2.45) is 11.8 Å². The summed E-state index contributed by atoms with van der Waals surface area (Å²) in [5.41, 5.74) is 0. The molecule has 0 aliphatic heterocycles. The Labute approximate surface area is 85.7 Å². The second-order valence-corrected chi connectivity index (χ2v) is 4.14. The number of rotatable bonds is 3. The second-order valence-electron chi connectivity index (χ2n) is 4.14. The van der Waals surface area contributed by atoms with Crippen molar-refractivity contribution < 1.29 is 23.4 Å². The Balaban J connectivity index is 2.02. The molecule has 0 amide bonds. The van der Waals surface area contributed by atoms with E-state index in [1.807, 2.05) is 12.2 Å². The van der Waals surface area contributed by atoms with E-state index in [1.165, 1.54) is 0 Å². The van der Waals surface area contributed by atoms with Crippen LogP contribution in [0.5, 0.6) is 0 Å². The predicted molar refractivity (Wildman–Crippen MR) is 47.4 cm³/mol. The van der Waals surface area contributed by atoms with Crippen molar-refractivity contribution in [3.63, 3.8) is 0 Å². The van der Waals surface area contributed by atoms with Gasteiger partial charge in [-0.1, -0.05) is 12.2 Å². The summed E-state index contributed by atoms with van der Waals surface area (Å²) in [5, 5.41) is 8.25. The van der Waals surface area contributed by atoms with Crippen LogP contribution >= 0.6 is 0 Å². The van der Waals surface area contributed by atoms with E-state index in [0.29, 0.717) is 12.3 Å². The van der Waals surface area contributed by atoms with Crippen molar-refractivity contribution in [3.05, 3.63) is 12.2 Å². The normalized spacial score (nSPS) is 34.4. The van der Waals surface area contributed by atoms with Gasteiger partial charge >= 0.3 is 12.1 Å². The number of allylic oxidation sites excluding steroid dienone is 1. The average Bonchev–Trinajstić information content (AvgIpc) is 2.41. The van der Waals surface area contributed by atoms with E-state index in [0.717, 1.165) is 12.8 Å². The maximum Gasteiger partial charge on any atom is 0.456 e. The SMILES string of the molecule is O=C(O)C(F)(F)OC1CC2CC=CC1C2. The van der Waals surface area contributed by atoms with Crippen LogP contribution in [0.3, 0.4) is 0 Å². The Kier molecular flexibility index (Phi) is 2.50. The smallest absolute Gasteiger partial charge is 0.456 e. The van der Waals surface area contributed by atoms with Gasteiger partial charge in [0.25, 0.3) is 0 Å². The molecule has 3 atom stereocenters. The third-order valence-electron chi connectivity index (χ3n) is 3.05. The monoisotopic (exact) mass is 218 g/mol. The van der Waals surface area contributed by atoms with E-state index in [1.54, 1.807) is 0 Å². The molecule has 0 heterocycles. The maximum atomic E-state index is 12.8. The average molecular weight is 218 g/mol. The topological polar surface area (TPSA) is 46.5 Å². The van der Waals surface area contributed by atoms with Crippen LogP contribution < -0.4 is 0 Å². The fourth-order valence-corrected chi connectivity index (χ4v) is 2.35. The molecule has 15 heavy (non-hydrogen) atoms. The van der Waals surface area contributed by atoms with Gasteiger partial charge < -0.3 is 9.84 Å². The van der Waals surface area contributed by atoms with Crippen LogP contribution in [0.4, 0.5) is 8.78 Å². The number of alkyl halides is 2. The number of aliphatic carboxylic acids is 1. The molecule has 3 unspecified atom stereocenters. The number of hydrogen-bond donors (Lipinski definition) is 1. The fourth-order valence-electron chi connectivity index (χ4n) is 2.35. The molecule has 0 aromatic rings. The minimum Gasteiger partial charge on any atom is -0.475 e. The molecule has 3 nitrogen and oxygen atoms in total. The summed E-state index contributed by atoms with van der Waals surface area (Å²) < 4.78 is 30.0. The summed E-state index contributed by atoms with van der Waals surface area (Å²) in [6, 6.07) is 0. The van der Waals surface area contributed by atoms with Crippen LogP contribution in [-0.2, 0) is 9.53 Å². The highest BCUT2D eigenvalue weighted by molar-refractivity contribution is 5.73. The van der Waals surface area contributed by atoms with Crippen LogP contribution in [0.1, 0.15) is 19.3 Å². The Morgan fingerprint density at radius 3 is 2.80 bits per heavy atom. The van der Waals surface area contributed by atoms with Crippen LogP contribution in [0, 0.1) is 11.8 Å². The number of ether oxygens (including phenoxy) is 1. The third kappa shape index (κ3) is 2.02. The van der Waals surface area contributed by atoms with Crippen molar-refractivity contribution >= 4 is 5.97 Å². The lowest BCUT2D eigenvalue weighted by Crippen LogP contribution is -2.37. The summed E-state index contributed by atoms with van der Waals surface area (Å²) in [5.74, 6) is -1.89. The predicted octanol–water partition coefficient (Wildman–Crippen LogP) is 2.04. The summed E-state index contributed by atoms with van der Waals surface area (Å²) in [6.07, 6.45) is 1.34. The first-order valence-electron chi connectivity index (χ1n) is 4.95. The number of hydrogen-bond acceptors (Lipinski definition) is 2. The van der Waals surface area contributed by atoms with E-state index in [2.05, 4.69) is 4.74 Å². The van der Waals surface area contributed by atoms with E-state index < -0.39 is 18.2 Å². The van der Waals surface area contributed by atoms with Gasteiger partial charge in [0.15, 0.2) is 0 Å². The molecule has 1 fully saturated rings. The molecule has 1 saturated carbocycles. The fraction of sp³-hybridized carbons (Fsp3) is 0.700. The van der Waals surface area contributed by atoms with Crippen LogP contribution in [0.2, 0.25) is 0 Å². The van der Waals surface area contributed by atoms with Gasteiger partial charge in [-0.15, -0.1) is 0 Å². The highest BCUT2D eigenvalue weighted by Gasteiger charge is 2.47. The molecular weight excluding hydrogens is 206 g/mol. The second kappa shape index (κ2) is 3.56. The number of carbonyl (C=O) groups is 1. The first kappa shape index (κ1) is 10.5. The van der Waals surface area contributed by atoms with Gasteiger partial charge in [-0.05, 0) is 25.2 Å². The molecule has 0 radical (unpaired) electrons. The lowest BCUT2D eigenvalue weighted by atomic mass is 9.96. The molecule has 5 heteroatoms. The van der Waals surface area contributed by atoms with Gasteiger partial charge in [0.2, 0.25) is 0 Å². The first-order valence-corrected chi connectivity index (χ1v) is 4.95. The first-order chi connectivity index (χ1) is 6.99. The third-order valence-corrected chi connectivity index (χ3v) is 3.05. The van der Waals surface area contributed by atoms with Crippen LogP contribution in [0.25, 0.3) is 0 Å². The van der Waals surface area contributed by atoms with Gasteiger partial charge in [0.05, 0.1) is 6.10 Å². The quantitative estimate of drug-likeness (QED) is 0.737. The Morgan fingerprint density at radius 1 is 1.47 bits per heavy atom. The number of halogens is 2. The number of carboxylic acid groups (broad SMARTS) is 1. The van der Waals surface area contributed by atoms with E-state index in [9.17, 15) is 13.6 Å². The molecule has 0 aromatic carbocycles. The van der Waals surface area contributed by atoms with Crippen molar-refractivity contribution in [1.29, 1.82) is 0 Å². The molecule has 2 bridgehead atoms. The Hall–Kier alpha value is -0.970. The van der Waals surface area contributed by atoms with E-state index in [-0.39, 0.29) is 5.92 Å². The molecular formula is C10H12F2O3. The van der Waals surface area contributed by atoms with Crippen molar-refractivity contribution in [2.45, 2.75) is 31.5 Å². The number of fused-ring (bicyclic) bond motifs is 2. The standard InChI is InChI=1S/C10H12F2O3/c11-10(12,9(13)14)15-8-5-6-2-1-3-7(8)4-6/h1,3,6-8H,2,4-5H2,(H,13,14). The van der Waals surface area contributed by atoms with Crippen LogP contribution in [0.15, 0.2) is 12.2 Å². The molecule has 84 valence electrons. The number of carboxylic acids is 1. The van der Waals surface area contributed by atoms with Crippen molar-refractivity contribution in [3.8, 4) is 0 Å². The molecule has 2 rings (SSSR count). The minimum absolute atomic E-state index is 0.0472. The highest BCUT2D eigenvalue weighted by atomic mass is 19.3. The minimum atomic E-state index is -4.06. The lowest BCUT2D eigenvalue weighted by molar-refractivity contribution is -0.265. The highest BCUT2D eigenvalue weighted by Crippen LogP contribution is 2.41. The van der Waals surface area contributed by atoms with E-state index >= 15 is 0 Å². The van der Waals surface area contributed by atoms with Gasteiger partial charge in [0.1, 0.15) is 0 Å². The summed E-state index contributed by atoms with van der Waals surface area (Å²) in [7, 11) is 0. The van der Waals surface area contributed by atoms with Gasteiger partial charge in [-0.25, -0.2) is 4.79 Å². The van der Waals surface area contributed by atoms with Gasteiger partial charge in [0, 0.05) is 5.92 Å². The van der Waals surface area contributed by atoms with Crippen LogP contribution in [-0.4, -0.2) is 23.3 Å². The zero-order valence-electron chi connectivity index (χ0n) is 8.03. The van der Waals surface area contributed by atoms with Crippen molar-refractivity contribution in [1.82, 2.24) is 0 Å². The molecule has 2 aliphatic rings. The summed E-state index contributed by atoms with van der Waals surface area (Å²) in [6.45, 7) is 0. The zero-order valence-corrected chi connectivity index (χ0v) is 8.03. The molecule has 0 aromatic heterocycles. The Bertz CT molecular complexity index is 301. The lowest BCUT2D eigenvalue weighted by Gasteiger charge is -2.21. The largest absolute Gasteiger partial charge is 0.475 e.